The highest BCUT2D eigenvalue weighted by atomic mass is 16.4. The van der Waals surface area contributed by atoms with Gasteiger partial charge < -0.3 is 9.51 Å². The summed E-state index contributed by atoms with van der Waals surface area (Å²) in [4.78, 5) is 21.2. The summed E-state index contributed by atoms with van der Waals surface area (Å²) in [7, 11) is 0. The van der Waals surface area contributed by atoms with Gasteiger partial charge in [-0.15, -0.1) is 0 Å². The van der Waals surface area contributed by atoms with E-state index in [4.69, 9.17) is 4.98 Å². The van der Waals surface area contributed by atoms with Gasteiger partial charge in [-0.25, -0.2) is 14.8 Å². The van der Waals surface area contributed by atoms with Crippen LogP contribution in [0, 0.1) is 20.8 Å². The van der Waals surface area contributed by atoms with Crippen LogP contribution in [-0.4, -0.2) is 25.4 Å². The van der Waals surface area contributed by atoms with E-state index in [1.54, 1.807) is 6.07 Å². The van der Waals surface area contributed by atoms with Crippen molar-refractivity contribution >= 4 is 22.5 Å². The molecule has 25 heavy (non-hydrogen) atoms. The minimum Gasteiger partial charge on any atom is -0.478 e. The van der Waals surface area contributed by atoms with Gasteiger partial charge >= 0.3 is 5.97 Å². The second-order valence-corrected chi connectivity index (χ2v) is 6.31. The fourth-order valence-electron chi connectivity index (χ4n) is 3.34. The monoisotopic (exact) mass is 331 g/mol. The highest BCUT2D eigenvalue weighted by molar-refractivity contribution is 6.04. The Balaban J connectivity index is 2.08. The SMILES string of the molecule is Cc1cc(C)c2nc(-c3nc4ccccn4c3C)cc(C(=O)O)c2c1. The van der Waals surface area contributed by atoms with Crippen LogP contribution in [0.4, 0.5) is 0 Å². The molecular weight excluding hydrogens is 314 g/mol. The third kappa shape index (κ3) is 2.36. The van der Waals surface area contributed by atoms with Gasteiger partial charge in [0.25, 0.3) is 0 Å². The Labute approximate surface area is 144 Å². The number of aryl methyl sites for hydroxylation is 3. The van der Waals surface area contributed by atoms with Crippen LogP contribution in [0.3, 0.4) is 0 Å². The van der Waals surface area contributed by atoms with Crippen LogP contribution in [-0.2, 0) is 0 Å². The number of carboxylic acids is 1. The molecule has 4 rings (SSSR count). The van der Waals surface area contributed by atoms with E-state index in [0.29, 0.717) is 22.3 Å². The minimum atomic E-state index is -0.958. The molecule has 1 aromatic carbocycles. The summed E-state index contributed by atoms with van der Waals surface area (Å²) in [5.41, 5.74) is 5.97. The maximum absolute atomic E-state index is 11.8. The highest BCUT2D eigenvalue weighted by Crippen LogP contribution is 2.29. The molecule has 0 atom stereocenters. The molecule has 0 saturated carbocycles. The molecule has 0 aliphatic carbocycles. The molecule has 4 aromatic rings. The number of pyridine rings is 2. The zero-order chi connectivity index (χ0) is 17.7. The number of rotatable bonds is 2. The van der Waals surface area contributed by atoms with Crippen molar-refractivity contribution < 1.29 is 9.90 Å². The molecule has 124 valence electrons. The van der Waals surface area contributed by atoms with E-state index in [2.05, 4.69) is 4.98 Å². The van der Waals surface area contributed by atoms with Crippen LogP contribution < -0.4 is 0 Å². The largest absolute Gasteiger partial charge is 0.478 e. The number of hydrogen-bond acceptors (Lipinski definition) is 3. The van der Waals surface area contributed by atoms with E-state index < -0.39 is 5.97 Å². The summed E-state index contributed by atoms with van der Waals surface area (Å²) in [6.45, 7) is 5.87. The van der Waals surface area contributed by atoms with E-state index in [1.165, 1.54) is 0 Å². The highest BCUT2D eigenvalue weighted by Gasteiger charge is 2.18. The lowest BCUT2D eigenvalue weighted by atomic mass is 10.0. The smallest absolute Gasteiger partial charge is 0.336 e. The quantitative estimate of drug-likeness (QED) is 0.598. The molecule has 0 saturated heterocycles. The molecule has 0 fully saturated rings. The lowest BCUT2D eigenvalue weighted by molar-refractivity contribution is 0.0699. The summed E-state index contributed by atoms with van der Waals surface area (Å²) in [6.07, 6.45) is 1.94. The van der Waals surface area contributed by atoms with E-state index in [-0.39, 0.29) is 5.56 Å². The Morgan fingerprint density at radius 3 is 2.60 bits per heavy atom. The number of aromatic carboxylic acids is 1. The third-order valence-electron chi connectivity index (χ3n) is 4.49. The summed E-state index contributed by atoms with van der Waals surface area (Å²) in [6, 6.07) is 11.3. The van der Waals surface area contributed by atoms with Gasteiger partial charge in [0.05, 0.1) is 16.8 Å². The molecule has 0 aliphatic heterocycles. The number of nitrogens with zero attached hydrogens (tertiary/aromatic N) is 3. The first-order valence-corrected chi connectivity index (χ1v) is 8.05. The van der Waals surface area contributed by atoms with E-state index >= 15 is 0 Å². The molecule has 0 aliphatic rings. The summed E-state index contributed by atoms with van der Waals surface area (Å²) < 4.78 is 1.98. The van der Waals surface area contributed by atoms with Gasteiger partial charge in [0, 0.05) is 17.3 Å². The van der Waals surface area contributed by atoms with Crippen molar-refractivity contribution in [3.05, 3.63) is 65.0 Å². The van der Waals surface area contributed by atoms with Gasteiger partial charge in [0.2, 0.25) is 0 Å². The fourth-order valence-corrected chi connectivity index (χ4v) is 3.34. The first kappa shape index (κ1) is 15.3. The van der Waals surface area contributed by atoms with Crippen LogP contribution in [0.25, 0.3) is 27.9 Å². The number of aromatic nitrogens is 3. The van der Waals surface area contributed by atoms with E-state index in [9.17, 15) is 9.90 Å². The number of fused-ring (bicyclic) bond motifs is 2. The molecule has 3 aromatic heterocycles. The van der Waals surface area contributed by atoms with Gasteiger partial charge in [-0.3, -0.25) is 0 Å². The normalized spacial score (nSPS) is 11.3. The molecule has 0 radical (unpaired) electrons. The zero-order valence-corrected chi connectivity index (χ0v) is 14.2. The average Bonchev–Trinajstić information content (AvgIpc) is 2.91. The number of benzene rings is 1. The van der Waals surface area contributed by atoms with Crippen LogP contribution in [0.5, 0.6) is 0 Å². The van der Waals surface area contributed by atoms with Gasteiger partial charge in [-0.1, -0.05) is 17.7 Å². The molecule has 5 heteroatoms. The van der Waals surface area contributed by atoms with E-state index in [1.807, 2.05) is 61.7 Å². The second kappa shape index (κ2) is 5.41. The lowest BCUT2D eigenvalue weighted by Crippen LogP contribution is -2.02. The predicted molar refractivity (Wildman–Crippen MR) is 97.1 cm³/mol. The van der Waals surface area contributed by atoms with E-state index in [0.717, 1.165) is 22.5 Å². The van der Waals surface area contributed by atoms with Gasteiger partial charge in [-0.2, -0.15) is 0 Å². The maximum atomic E-state index is 11.8. The van der Waals surface area contributed by atoms with Crippen molar-refractivity contribution in [3.8, 4) is 11.4 Å². The molecule has 3 heterocycles. The maximum Gasteiger partial charge on any atom is 0.336 e. The van der Waals surface area contributed by atoms with Crippen molar-refractivity contribution in [1.29, 1.82) is 0 Å². The molecule has 0 bridgehead atoms. The Hall–Kier alpha value is -3.21. The van der Waals surface area contributed by atoms with Gasteiger partial charge in [-0.05, 0) is 50.6 Å². The van der Waals surface area contributed by atoms with Crippen LogP contribution in [0.1, 0.15) is 27.2 Å². The average molecular weight is 331 g/mol. The summed E-state index contributed by atoms with van der Waals surface area (Å²) >= 11 is 0. The first-order valence-electron chi connectivity index (χ1n) is 8.05. The van der Waals surface area contributed by atoms with Crippen molar-refractivity contribution in [2.24, 2.45) is 0 Å². The third-order valence-corrected chi connectivity index (χ3v) is 4.49. The minimum absolute atomic E-state index is 0.253. The van der Waals surface area contributed by atoms with Crippen LogP contribution in [0.2, 0.25) is 0 Å². The number of hydrogen-bond donors (Lipinski definition) is 1. The molecule has 5 nitrogen and oxygen atoms in total. The van der Waals surface area contributed by atoms with Crippen molar-refractivity contribution in [2.45, 2.75) is 20.8 Å². The number of carbonyl (C=O) groups is 1. The van der Waals surface area contributed by atoms with Crippen molar-refractivity contribution in [1.82, 2.24) is 14.4 Å². The zero-order valence-electron chi connectivity index (χ0n) is 14.2. The van der Waals surface area contributed by atoms with Gasteiger partial charge in [0.1, 0.15) is 11.3 Å². The fraction of sp³-hybridized carbons (Fsp3) is 0.150. The van der Waals surface area contributed by atoms with Crippen LogP contribution in [0.15, 0.2) is 42.6 Å². The number of imidazole rings is 1. The first-order chi connectivity index (χ1) is 12.0. The van der Waals surface area contributed by atoms with Crippen LogP contribution >= 0.6 is 0 Å². The summed E-state index contributed by atoms with van der Waals surface area (Å²) in [5.74, 6) is -0.958. The van der Waals surface area contributed by atoms with Crippen molar-refractivity contribution in [3.63, 3.8) is 0 Å². The summed E-state index contributed by atoms with van der Waals surface area (Å²) in [5, 5.41) is 10.4. The molecule has 1 N–H and O–H groups in total. The molecule has 0 amide bonds. The van der Waals surface area contributed by atoms with Gasteiger partial charge in [0.15, 0.2) is 0 Å². The number of carboxylic acid groups (broad SMARTS) is 1. The Kier molecular flexibility index (Phi) is 3.32. The van der Waals surface area contributed by atoms with Crippen molar-refractivity contribution in [2.75, 3.05) is 0 Å². The molecule has 0 unspecified atom stereocenters. The lowest BCUT2D eigenvalue weighted by Gasteiger charge is -2.09. The second-order valence-electron chi connectivity index (χ2n) is 6.31. The predicted octanol–water partition coefficient (Wildman–Crippen LogP) is 4.17. The standard InChI is InChI=1S/C20H17N3O2/c1-11-8-12(2)18-14(9-11)15(20(24)25)10-16(21-18)19-13(3)23-7-5-4-6-17(23)22-19/h4-10H,1-3H3,(H,24,25). The Morgan fingerprint density at radius 1 is 1.08 bits per heavy atom. The molecule has 0 spiro atoms. The molecular formula is C20H17N3O2. The Bertz CT molecular complexity index is 1160. The Morgan fingerprint density at radius 2 is 1.88 bits per heavy atom. The topological polar surface area (TPSA) is 67.5 Å².